The Balaban J connectivity index is 0. The molecule has 0 aliphatic rings. The second kappa shape index (κ2) is 10.5. The Morgan fingerprint density at radius 3 is 1.33 bits per heavy atom. The molecule has 1 N–H and O–H groups in total. The number of hydrogen-bond donors (Lipinski definition) is 2. The van der Waals surface area contributed by atoms with Crippen LogP contribution in [0.15, 0.2) is 0 Å². The van der Waals surface area contributed by atoms with Crippen molar-refractivity contribution < 1.29 is 13.4 Å². The van der Waals surface area contributed by atoms with Gasteiger partial charge < -0.3 is 4.89 Å². The molecule has 1 unspecified atom stereocenters. The van der Waals surface area contributed by atoms with E-state index in [1.165, 1.54) is 0 Å². The molecule has 0 saturated carbocycles. The van der Waals surface area contributed by atoms with Gasteiger partial charge in [-0.25, -0.2) is 0 Å². The van der Waals surface area contributed by atoms with Crippen molar-refractivity contribution in [2.24, 2.45) is 0 Å². The van der Waals surface area contributed by atoms with Crippen LogP contribution in [0.3, 0.4) is 0 Å². The van der Waals surface area contributed by atoms with Crippen LogP contribution in [0.4, 0.5) is 0 Å². The van der Waals surface area contributed by atoms with Crippen molar-refractivity contribution in [1.82, 2.24) is 0 Å². The summed E-state index contributed by atoms with van der Waals surface area (Å²) in [5.41, 5.74) is 0. The third-order valence-electron chi connectivity index (χ3n) is 3.49. The molecule has 0 radical (unpaired) electrons. The van der Waals surface area contributed by atoms with Gasteiger partial charge in [-0.1, -0.05) is 27.7 Å². The van der Waals surface area contributed by atoms with E-state index in [4.69, 9.17) is 3.97 Å². The Hall–Kier alpha value is 1.76. The van der Waals surface area contributed by atoms with Crippen molar-refractivity contribution in [3.8, 4) is 0 Å². The van der Waals surface area contributed by atoms with E-state index in [9.17, 15) is 9.46 Å². The van der Waals surface area contributed by atoms with Gasteiger partial charge in [0.25, 0.3) is 0 Å². The van der Waals surface area contributed by atoms with Crippen LogP contribution in [0.25, 0.3) is 0 Å². The topological polar surface area (TPSA) is 46.5 Å². The summed E-state index contributed by atoms with van der Waals surface area (Å²) in [6.07, 6.45) is 4.19. The molecule has 0 spiro atoms. The Bertz CT molecular complexity index is 216. The molecule has 112 valence electrons. The molecule has 0 heterocycles. The third kappa shape index (κ3) is 6.47. The normalized spacial score (nSPS) is 15.5. The zero-order valence-corrected chi connectivity index (χ0v) is 13.8. The summed E-state index contributed by atoms with van der Waals surface area (Å²) in [5, 5.41) is 0. The van der Waals surface area contributed by atoms with Crippen molar-refractivity contribution >= 4 is 55.4 Å². The van der Waals surface area contributed by atoms with Crippen LogP contribution in [0.2, 0.25) is 0 Å². The van der Waals surface area contributed by atoms with Crippen molar-refractivity contribution in [2.45, 2.75) is 53.4 Å². The molecule has 0 saturated heterocycles. The molecule has 1 atom stereocenters. The first-order chi connectivity index (χ1) is 7.97. The second-order valence-electron chi connectivity index (χ2n) is 5.11. The van der Waals surface area contributed by atoms with Crippen molar-refractivity contribution in [3.05, 3.63) is 0 Å². The summed E-state index contributed by atoms with van der Waals surface area (Å²) < 4.78 is 17.1. The third-order valence-corrected chi connectivity index (χ3v) is 12.5. The maximum absolute atomic E-state index is 11.3. The predicted molar refractivity (Wildman–Crippen MR) is 90.5 cm³/mol. The zero-order chi connectivity index (χ0) is 13.4. The van der Waals surface area contributed by atoms with Crippen molar-refractivity contribution in [1.29, 1.82) is 0 Å². The molecule has 0 aromatic rings. The van der Waals surface area contributed by atoms with Gasteiger partial charge in [0.2, 0.25) is 0 Å². The summed E-state index contributed by atoms with van der Waals surface area (Å²) in [7, 11) is -5.24. The molecule has 0 aliphatic carbocycles. The van der Waals surface area contributed by atoms with Gasteiger partial charge in [-0.2, -0.15) is 9.44 Å². The fourth-order valence-electron chi connectivity index (χ4n) is 3.34. The van der Waals surface area contributed by atoms with Gasteiger partial charge in [0.1, 0.15) is 0 Å². The monoisotopic (exact) mass is 328 g/mol. The van der Waals surface area contributed by atoms with Crippen LogP contribution in [-0.2, 0) is 8.54 Å². The van der Waals surface area contributed by atoms with E-state index in [2.05, 4.69) is 27.7 Å². The minimum atomic E-state index is -2.83. The van der Waals surface area contributed by atoms with Gasteiger partial charge >= 0.3 is 46.0 Å². The van der Waals surface area contributed by atoms with E-state index in [0.717, 1.165) is 48.7 Å². The number of rotatable bonds is 10. The molecule has 0 rings (SSSR count). The summed E-state index contributed by atoms with van der Waals surface area (Å²) in [5.74, 6) is 4.05. The first-order valence-corrected chi connectivity index (χ1v) is 11.1. The maximum atomic E-state index is 11.3. The average Bonchev–Trinajstić information content (AvgIpc) is 2.17. The molecule has 0 aromatic carbocycles. The fraction of sp³-hybridized carbons (Fsp3) is 1.00. The Labute approximate surface area is 144 Å². The van der Waals surface area contributed by atoms with E-state index >= 15 is 0 Å². The zero-order valence-electron chi connectivity index (χ0n) is 11.9. The molecule has 0 aromatic heterocycles. The van der Waals surface area contributed by atoms with E-state index in [-0.39, 0.29) is 37.7 Å². The van der Waals surface area contributed by atoms with Crippen molar-refractivity contribution in [2.75, 3.05) is 23.0 Å². The van der Waals surface area contributed by atoms with Crippen LogP contribution < -0.4 is 0 Å². The van der Waals surface area contributed by atoms with Crippen LogP contribution in [0, 0.1) is 0 Å². The SMILES string of the molecule is CCC[SH](CCC)(CCC)(CCC)O[PH](=O)O.[CaH2]. The Kier molecular flexibility index (Phi) is 12.8. The molecule has 0 aliphatic heterocycles. The van der Waals surface area contributed by atoms with Gasteiger partial charge in [-0.15, -0.1) is 0 Å². The first kappa shape index (κ1) is 22.0. The summed E-state index contributed by atoms with van der Waals surface area (Å²) in [6.45, 7) is 8.61. The first-order valence-electron chi connectivity index (χ1n) is 6.91. The van der Waals surface area contributed by atoms with E-state index < -0.39 is 17.7 Å². The van der Waals surface area contributed by atoms with Crippen LogP contribution in [0.5, 0.6) is 0 Å². The van der Waals surface area contributed by atoms with Gasteiger partial charge in [-0.3, -0.25) is 8.54 Å². The van der Waals surface area contributed by atoms with E-state index in [0.29, 0.717) is 0 Å². The molecular weight excluding hydrogens is 295 g/mol. The summed E-state index contributed by atoms with van der Waals surface area (Å²) in [6, 6.07) is 0. The quantitative estimate of drug-likeness (QED) is 0.368. The molecular formula is C12H33CaO3PS. The molecule has 3 nitrogen and oxygen atoms in total. The van der Waals surface area contributed by atoms with Gasteiger partial charge in [0.15, 0.2) is 0 Å². The van der Waals surface area contributed by atoms with Crippen LogP contribution in [-0.4, -0.2) is 65.6 Å². The van der Waals surface area contributed by atoms with Gasteiger partial charge in [0, 0.05) is 0 Å². The summed E-state index contributed by atoms with van der Waals surface area (Å²) in [4.78, 5) is 9.32. The molecule has 0 fully saturated rings. The summed E-state index contributed by atoms with van der Waals surface area (Å²) >= 11 is 0. The van der Waals surface area contributed by atoms with Gasteiger partial charge in [0.05, 0.1) is 0 Å². The Morgan fingerprint density at radius 1 is 0.889 bits per heavy atom. The van der Waals surface area contributed by atoms with Gasteiger partial charge in [-0.05, 0) is 48.7 Å². The fourth-order valence-corrected chi connectivity index (χ4v) is 12.4. The van der Waals surface area contributed by atoms with Crippen molar-refractivity contribution in [3.63, 3.8) is 0 Å². The Morgan fingerprint density at radius 2 is 1.17 bits per heavy atom. The molecule has 18 heavy (non-hydrogen) atoms. The standard InChI is InChI=1S/C12H31O3PS.Ca.2H/c1-5-9-17(10-6-2,11-7-3,12-8-4)15-16(13)14;;;/h16-17H,5-12H2,1-4H3,(H,13,14);;;. The van der Waals surface area contributed by atoms with Crippen LogP contribution >= 0.6 is 17.7 Å². The predicted octanol–water partition coefficient (Wildman–Crippen LogP) is 3.10. The number of hydrogen-bond acceptors (Lipinski definition) is 2. The van der Waals surface area contributed by atoms with E-state index in [1.807, 2.05) is 0 Å². The van der Waals surface area contributed by atoms with Crippen LogP contribution in [0.1, 0.15) is 53.4 Å². The average molecular weight is 329 g/mol. The molecule has 6 heteroatoms. The minimum absolute atomic E-state index is 0. The molecule has 0 bridgehead atoms. The number of thiol groups is 1. The van der Waals surface area contributed by atoms with E-state index in [1.54, 1.807) is 0 Å². The second-order valence-corrected chi connectivity index (χ2v) is 11.9. The molecule has 0 amide bonds.